The maximum absolute atomic E-state index is 11.9. The van der Waals surface area contributed by atoms with E-state index in [1.165, 1.54) is 12.8 Å². The molecule has 0 aliphatic carbocycles. The average molecular weight is 307 g/mol. The molecule has 0 bridgehead atoms. The second-order valence-electron chi connectivity index (χ2n) is 5.33. The molecule has 0 aromatic heterocycles. The van der Waals surface area contributed by atoms with Gasteiger partial charge in [-0.05, 0) is 37.9 Å². The molecule has 0 spiro atoms. The number of urea groups is 1. The summed E-state index contributed by atoms with van der Waals surface area (Å²) in [4.78, 5) is 11.9. The topological polar surface area (TPSA) is 71.6 Å². The lowest BCUT2D eigenvalue weighted by Gasteiger charge is -2.12. The van der Waals surface area contributed by atoms with Gasteiger partial charge in [0.15, 0.2) is 0 Å². The fourth-order valence-electron chi connectivity index (χ4n) is 2.44. The molecular weight excluding hydrogens is 282 g/mol. The first kappa shape index (κ1) is 16.6. The van der Waals surface area contributed by atoms with Crippen LogP contribution in [0, 0.1) is 0 Å². The van der Waals surface area contributed by atoms with Crippen molar-refractivity contribution in [3.05, 3.63) is 24.3 Å². The highest BCUT2D eigenvalue weighted by Gasteiger charge is 2.13. The highest BCUT2D eigenvalue weighted by atomic mass is 16.5. The van der Waals surface area contributed by atoms with Gasteiger partial charge in [-0.15, -0.1) is 0 Å². The van der Waals surface area contributed by atoms with E-state index in [9.17, 15) is 4.79 Å². The number of hydrogen-bond acceptors (Lipinski definition) is 4. The summed E-state index contributed by atoms with van der Waals surface area (Å²) in [5, 5.41) is 9.11. The molecule has 6 heteroatoms. The second kappa shape index (κ2) is 9.27. The number of methoxy groups -OCH3 is 1. The fraction of sp³-hybridized carbons (Fsp3) is 0.562. The molecule has 22 heavy (non-hydrogen) atoms. The predicted octanol–water partition coefficient (Wildman–Crippen LogP) is 1.98. The summed E-state index contributed by atoms with van der Waals surface area (Å²) < 4.78 is 10.4. The number of rotatable bonds is 8. The van der Waals surface area contributed by atoms with E-state index in [0.29, 0.717) is 37.2 Å². The summed E-state index contributed by atoms with van der Waals surface area (Å²) in [6.45, 7) is 2.79. The average Bonchev–Trinajstić information content (AvgIpc) is 3.01. The first-order valence-electron chi connectivity index (χ1n) is 7.78. The Hall–Kier alpha value is -1.79. The number of ether oxygens (including phenoxy) is 2. The van der Waals surface area contributed by atoms with Gasteiger partial charge in [-0.1, -0.05) is 6.07 Å². The third kappa shape index (κ3) is 5.91. The van der Waals surface area contributed by atoms with Gasteiger partial charge in [0.25, 0.3) is 0 Å². The van der Waals surface area contributed by atoms with Crippen molar-refractivity contribution < 1.29 is 14.3 Å². The van der Waals surface area contributed by atoms with Crippen LogP contribution in [-0.2, 0) is 4.74 Å². The van der Waals surface area contributed by atoms with E-state index in [1.807, 2.05) is 18.2 Å². The lowest BCUT2D eigenvalue weighted by atomic mass is 10.1. The Balaban J connectivity index is 1.69. The minimum Gasteiger partial charge on any atom is -0.491 e. The van der Waals surface area contributed by atoms with Crippen LogP contribution in [0.5, 0.6) is 5.75 Å². The Morgan fingerprint density at radius 2 is 2.32 bits per heavy atom. The SMILES string of the molecule is COCCOc1cccc(NC(=O)NCC[C@H]2CCCN2)c1. The minimum absolute atomic E-state index is 0.188. The van der Waals surface area contributed by atoms with Crippen molar-refractivity contribution in [3.63, 3.8) is 0 Å². The third-order valence-corrected chi connectivity index (χ3v) is 3.59. The first-order valence-corrected chi connectivity index (χ1v) is 7.78. The number of anilines is 1. The molecule has 2 amide bonds. The number of nitrogens with one attached hydrogen (secondary N) is 3. The Morgan fingerprint density at radius 1 is 1.41 bits per heavy atom. The van der Waals surface area contributed by atoms with Crippen LogP contribution < -0.4 is 20.7 Å². The summed E-state index contributed by atoms with van der Waals surface area (Å²) in [7, 11) is 1.63. The zero-order valence-corrected chi connectivity index (χ0v) is 13.1. The van der Waals surface area contributed by atoms with E-state index in [0.717, 1.165) is 13.0 Å². The van der Waals surface area contributed by atoms with Gasteiger partial charge in [-0.2, -0.15) is 0 Å². The molecule has 1 fully saturated rings. The molecule has 0 saturated carbocycles. The van der Waals surface area contributed by atoms with Crippen molar-refractivity contribution in [1.29, 1.82) is 0 Å². The highest BCUT2D eigenvalue weighted by molar-refractivity contribution is 5.89. The van der Waals surface area contributed by atoms with Crippen LogP contribution in [0.1, 0.15) is 19.3 Å². The van der Waals surface area contributed by atoms with Gasteiger partial charge in [0.2, 0.25) is 0 Å². The van der Waals surface area contributed by atoms with E-state index >= 15 is 0 Å². The maximum atomic E-state index is 11.9. The van der Waals surface area contributed by atoms with E-state index in [2.05, 4.69) is 16.0 Å². The van der Waals surface area contributed by atoms with Gasteiger partial charge in [0, 0.05) is 31.5 Å². The molecule has 0 radical (unpaired) electrons. The summed E-state index contributed by atoms with van der Waals surface area (Å²) in [5.41, 5.74) is 0.714. The highest BCUT2D eigenvalue weighted by Crippen LogP contribution is 2.17. The monoisotopic (exact) mass is 307 g/mol. The van der Waals surface area contributed by atoms with E-state index in [1.54, 1.807) is 13.2 Å². The molecule has 1 aliphatic heterocycles. The van der Waals surface area contributed by atoms with Crippen molar-refractivity contribution in [3.8, 4) is 5.75 Å². The molecule has 122 valence electrons. The number of benzene rings is 1. The Labute approximate surface area is 131 Å². The Bertz CT molecular complexity index is 462. The van der Waals surface area contributed by atoms with Crippen LogP contribution in [0.15, 0.2) is 24.3 Å². The molecule has 1 aromatic carbocycles. The van der Waals surface area contributed by atoms with E-state index in [4.69, 9.17) is 9.47 Å². The van der Waals surface area contributed by atoms with Crippen LogP contribution in [0.2, 0.25) is 0 Å². The summed E-state index contributed by atoms with van der Waals surface area (Å²) in [6, 6.07) is 7.68. The van der Waals surface area contributed by atoms with Gasteiger partial charge in [0.05, 0.1) is 6.61 Å². The molecule has 0 unspecified atom stereocenters. The Kier molecular flexibility index (Phi) is 6.99. The zero-order valence-electron chi connectivity index (χ0n) is 13.1. The zero-order chi connectivity index (χ0) is 15.6. The smallest absolute Gasteiger partial charge is 0.319 e. The molecule has 3 N–H and O–H groups in total. The van der Waals surface area contributed by atoms with Gasteiger partial charge in [0.1, 0.15) is 12.4 Å². The van der Waals surface area contributed by atoms with Crippen molar-refractivity contribution in [2.45, 2.75) is 25.3 Å². The summed E-state index contributed by atoms with van der Waals surface area (Å²) >= 11 is 0. The summed E-state index contributed by atoms with van der Waals surface area (Å²) in [5.74, 6) is 0.713. The van der Waals surface area contributed by atoms with Crippen LogP contribution in [0.4, 0.5) is 10.5 Å². The van der Waals surface area contributed by atoms with Gasteiger partial charge >= 0.3 is 6.03 Å². The van der Waals surface area contributed by atoms with Crippen LogP contribution in [0.25, 0.3) is 0 Å². The molecule has 1 aliphatic rings. The molecule has 2 rings (SSSR count). The normalized spacial score (nSPS) is 17.2. The molecule has 1 heterocycles. The van der Waals surface area contributed by atoms with Crippen molar-refractivity contribution >= 4 is 11.7 Å². The van der Waals surface area contributed by atoms with Gasteiger partial charge in [-0.25, -0.2) is 4.79 Å². The van der Waals surface area contributed by atoms with Crippen molar-refractivity contribution in [2.75, 3.05) is 38.7 Å². The van der Waals surface area contributed by atoms with Crippen LogP contribution in [0.3, 0.4) is 0 Å². The largest absolute Gasteiger partial charge is 0.491 e. The fourth-order valence-corrected chi connectivity index (χ4v) is 2.44. The molecule has 1 atom stereocenters. The second-order valence-corrected chi connectivity index (χ2v) is 5.33. The summed E-state index contributed by atoms with van der Waals surface area (Å²) in [6.07, 6.45) is 3.39. The first-order chi connectivity index (χ1) is 10.8. The Morgan fingerprint density at radius 3 is 3.09 bits per heavy atom. The maximum Gasteiger partial charge on any atom is 0.319 e. The third-order valence-electron chi connectivity index (χ3n) is 3.59. The van der Waals surface area contributed by atoms with Crippen molar-refractivity contribution in [2.24, 2.45) is 0 Å². The molecular formula is C16H25N3O3. The molecule has 6 nitrogen and oxygen atoms in total. The van der Waals surface area contributed by atoms with Crippen LogP contribution in [-0.4, -0.2) is 45.5 Å². The van der Waals surface area contributed by atoms with Crippen molar-refractivity contribution in [1.82, 2.24) is 10.6 Å². The lowest BCUT2D eigenvalue weighted by Crippen LogP contribution is -2.33. The minimum atomic E-state index is -0.188. The van der Waals surface area contributed by atoms with Gasteiger partial charge in [-0.3, -0.25) is 0 Å². The number of carbonyl (C=O) groups excluding carboxylic acids is 1. The number of hydrogen-bond donors (Lipinski definition) is 3. The molecule has 1 aromatic rings. The number of carbonyl (C=O) groups is 1. The van der Waals surface area contributed by atoms with Crippen LogP contribution >= 0.6 is 0 Å². The van der Waals surface area contributed by atoms with Gasteiger partial charge < -0.3 is 25.4 Å². The number of amides is 2. The van der Waals surface area contributed by atoms with E-state index < -0.39 is 0 Å². The predicted molar refractivity (Wildman–Crippen MR) is 86.5 cm³/mol. The molecule has 1 saturated heterocycles. The standard InChI is InChI=1S/C16H25N3O3/c1-21-10-11-22-15-6-2-4-14(12-15)19-16(20)18-9-7-13-5-3-8-17-13/h2,4,6,12-13,17H,3,5,7-11H2,1H3,(H2,18,19,20)/t13-/m1/s1. The quantitative estimate of drug-likeness (QED) is 0.642. The van der Waals surface area contributed by atoms with E-state index in [-0.39, 0.29) is 6.03 Å². The lowest BCUT2D eigenvalue weighted by molar-refractivity contribution is 0.146.